The van der Waals surface area contributed by atoms with Crippen LogP contribution in [0.2, 0.25) is 0 Å². The molecule has 1 aromatic rings. The maximum absolute atomic E-state index is 11.9. The second-order valence-corrected chi connectivity index (χ2v) is 5.19. The average molecular weight is 265 g/mol. The van der Waals surface area contributed by atoms with Crippen molar-refractivity contribution >= 4 is 5.91 Å². The predicted molar refractivity (Wildman–Crippen MR) is 67.5 cm³/mol. The number of ether oxygens (including phenoxy) is 1. The van der Waals surface area contributed by atoms with Gasteiger partial charge in [-0.2, -0.15) is 0 Å². The molecule has 0 aliphatic carbocycles. The van der Waals surface area contributed by atoms with Gasteiger partial charge in [-0.3, -0.25) is 9.69 Å². The summed E-state index contributed by atoms with van der Waals surface area (Å²) >= 11 is 0. The van der Waals surface area contributed by atoms with E-state index in [9.17, 15) is 4.79 Å². The van der Waals surface area contributed by atoms with E-state index in [1.165, 1.54) is 0 Å². The summed E-state index contributed by atoms with van der Waals surface area (Å²) in [6.45, 7) is 3.48. The first-order chi connectivity index (χ1) is 9.31. The first-order valence-corrected chi connectivity index (χ1v) is 6.84. The highest BCUT2D eigenvalue weighted by Crippen LogP contribution is 2.16. The van der Waals surface area contributed by atoms with Crippen LogP contribution in [0.4, 0.5) is 0 Å². The maximum Gasteiger partial charge on any atom is 0.234 e. The van der Waals surface area contributed by atoms with Gasteiger partial charge in [0.2, 0.25) is 5.91 Å². The number of amides is 1. The molecule has 1 aromatic heterocycles. The highest BCUT2D eigenvalue weighted by atomic mass is 16.5. The minimum Gasteiger partial charge on any atom is -0.376 e. The summed E-state index contributed by atoms with van der Waals surface area (Å²) in [5.41, 5.74) is 2.12. The van der Waals surface area contributed by atoms with E-state index < -0.39 is 0 Å². The Labute approximate surface area is 112 Å². The van der Waals surface area contributed by atoms with Crippen LogP contribution in [0.15, 0.2) is 10.8 Å². The van der Waals surface area contributed by atoms with Crippen molar-refractivity contribution < 1.29 is 14.1 Å². The Morgan fingerprint density at radius 3 is 3.37 bits per heavy atom. The van der Waals surface area contributed by atoms with Crippen LogP contribution in [0.3, 0.4) is 0 Å². The third-order valence-corrected chi connectivity index (χ3v) is 3.71. The van der Waals surface area contributed by atoms with Crippen LogP contribution >= 0.6 is 0 Å². The quantitative estimate of drug-likeness (QED) is 0.849. The van der Waals surface area contributed by atoms with Crippen LogP contribution in [0.5, 0.6) is 0 Å². The number of rotatable bonds is 4. The molecule has 6 heteroatoms. The first kappa shape index (κ1) is 12.6. The zero-order valence-electron chi connectivity index (χ0n) is 10.9. The average Bonchev–Trinajstić information content (AvgIpc) is 3.07. The Hall–Kier alpha value is -1.40. The summed E-state index contributed by atoms with van der Waals surface area (Å²) in [5, 5.41) is 6.89. The number of nitrogens with zero attached hydrogens (tertiary/aromatic N) is 2. The molecule has 3 rings (SSSR count). The zero-order chi connectivity index (χ0) is 13.1. The van der Waals surface area contributed by atoms with E-state index in [2.05, 4.69) is 15.4 Å². The third kappa shape index (κ3) is 3.13. The van der Waals surface area contributed by atoms with Gasteiger partial charge in [-0.1, -0.05) is 5.16 Å². The Balaban J connectivity index is 1.42. The SMILES string of the molecule is O=C(CN1CCc2nocc2C1)NC[C@@H]1CCCO1. The molecule has 0 saturated carbocycles. The maximum atomic E-state index is 11.9. The van der Waals surface area contributed by atoms with Crippen molar-refractivity contribution in [2.75, 3.05) is 26.2 Å². The molecule has 0 aromatic carbocycles. The number of hydrogen-bond acceptors (Lipinski definition) is 5. The predicted octanol–water partition coefficient (Wildman–Crippen LogP) is 0.328. The largest absolute Gasteiger partial charge is 0.376 e. The lowest BCUT2D eigenvalue weighted by atomic mass is 10.1. The Morgan fingerprint density at radius 2 is 2.53 bits per heavy atom. The highest BCUT2D eigenvalue weighted by Gasteiger charge is 2.22. The van der Waals surface area contributed by atoms with E-state index in [-0.39, 0.29) is 12.0 Å². The molecule has 19 heavy (non-hydrogen) atoms. The van der Waals surface area contributed by atoms with Crippen LogP contribution in [-0.4, -0.2) is 48.3 Å². The number of hydrogen-bond donors (Lipinski definition) is 1. The Kier molecular flexibility index (Phi) is 3.79. The smallest absolute Gasteiger partial charge is 0.234 e. The number of nitrogens with one attached hydrogen (secondary N) is 1. The second-order valence-electron chi connectivity index (χ2n) is 5.19. The molecule has 0 unspecified atom stereocenters. The monoisotopic (exact) mass is 265 g/mol. The molecule has 1 N–H and O–H groups in total. The first-order valence-electron chi connectivity index (χ1n) is 6.84. The van der Waals surface area contributed by atoms with Crippen LogP contribution in [-0.2, 0) is 22.5 Å². The number of aromatic nitrogens is 1. The van der Waals surface area contributed by atoms with Gasteiger partial charge in [-0.05, 0) is 12.8 Å². The van der Waals surface area contributed by atoms with Crippen molar-refractivity contribution in [2.45, 2.75) is 31.9 Å². The van der Waals surface area contributed by atoms with Crippen LogP contribution in [0.1, 0.15) is 24.1 Å². The van der Waals surface area contributed by atoms with Crippen molar-refractivity contribution in [1.29, 1.82) is 0 Å². The van der Waals surface area contributed by atoms with Gasteiger partial charge in [0, 0.05) is 38.2 Å². The molecule has 3 heterocycles. The van der Waals surface area contributed by atoms with Crippen molar-refractivity contribution in [3.05, 3.63) is 17.5 Å². The lowest BCUT2D eigenvalue weighted by Gasteiger charge is -2.25. The third-order valence-electron chi connectivity index (χ3n) is 3.71. The minimum atomic E-state index is 0.0652. The van der Waals surface area contributed by atoms with Crippen molar-refractivity contribution in [1.82, 2.24) is 15.4 Å². The highest BCUT2D eigenvalue weighted by molar-refractivity contribution is 5.78. The Morgan fingerprint density at radius 1 is 1.58 bits per heavy atom. The van der Waals surface area contributed by atoms with Gasteiger partial charge in [0.05, 0.1) is 18.3 Å². The number of carbonyl (C=O) groups is 1. The molecular weight excluding hydrogens is 246 g/mol. The van der Waals surface area contributed by atoms with E-state index in [4.69, 9.17) is 9.26 Å². The topological polar surface area (TPSA) is 67.6 Å². The molecule has 2 aliphatic heterocycles. The Bertz CT molecular complexity index is 440. The summed E-state index contributed by atoms with van der Waals surface area (Å²) in [5.74, 6) is 0.0652. The van der Waals surface area contributed by atoms with E-state index >= 15 is 0 Å². The van der Waals surface area contributed by atoms with Crippen LogP contribution in [0, 0.1) is 0 Å². The molecule has 1 saturated heterocycles. The lowest BCUT2D eigenvalue weighted by Crippen LogP contribution is -2.41. The summed E-state index contributed by atoms with van der Waals surface area (Å²) in [6.07, 6.45) is 4.88. The molecule has 104 valence electrons. The normalized spacial score (nSPS) is 23.3. The fourth-order valence-electron chi connectivity index (χ4n) is 2.63. The van der Waals surface area contributed by atoms with Gasteiger partial charge in [0.15, 0.2) is 0 Å². The zero-order valence-corrected chi connectivity index (χ0v) is 10.9. The molecular formula is C13H19N3O3. The summed E-state index contributed by atoms with van der Waals surface area (Å²) in [7, 11) is 0. The van der Waals surface area contributed by atoms with Crippen LogP contribution < -0.4 is 5.32 Å². The van der Waals surface area contributed by atoms with E-state index in [0.29, 0.717) is 13.1 Å². The van der Waals surface area contributed by atoms with Gasteiger partial charge >= 0.3 is 0 Å². The van der Waals surface area contributed by atoms with E-state index in [1.54, 1.807) is 6.26 Å². The number of fused-ring (bicyclic) bond motifs is 1. The molecule has 1 atom stereocenters. The molecule has 1 fully saturated rings. The summed E-state index contributed by atoms with van der Waals surface area (Å²) in [6, 6.07) is 0. The molecule has 0 spiro atoms. The van der Waals surface area contributed by atoms with Crippen LogP contribution in [0.25, 0.3) is 0 Å². The van der Waals surface area contributed by atoms with Gasteiger partial charge in [-0.25, -0.2) is 0 Å². The van der Waals surface area contributed by atoms with Gasteiger partial charge in [0.1, 0.15) is 6.26 Å². The van der Waals surface area contributed by atoms with Crippen molar-refractivity contribution in [2.24, 2.45) is 0 Å². The standard InChI is InChI=1S/C13H19N3O3/c17-13(14-6-11-2-1-5-18-11)8-16-4-3-12-10(7-16)9-19-15-12/h9,11H,1-8H2,(H,14,17)/t11-/m0/s1. The second kappa shape index (κ2) is 5.71. The van der Waals surface area contributed by atoms with E-state index in [0.717, 1.165) is 50.2 Å². The minimum absolute atomic E-state index is 0.0652. The molecule has 6 nitrogen and oxygen atoms in total. The van der Waals surface area contributed by atoms with Gasteiger partial charge in [-0.15, -0.1) is 0 Å². The molecule has 2 aliphatic rings. The van der Waals surface area contributed by atoms with Crippen molar-refractivity contribution in [3.63, 3.8) is 0 Å². The fraction of sp³-hybridized carbons (Fsp3) is 0.692. The van der Waals surface area contributed by atoms with Gasteiger partial charge < -0.3 is 14.6 Å². The summed E-state index contributed by atoms with van der Waals surface area (Å²) < 4.78 is 10.4. The van der Waals surface area contributed by atoms with Gasteiger partial charge in [0.25, 0.3) is 0 Å². The molecule has 1 amide bonds. The van der Waals surface area contributed by atoms with Crippen molar-refractivity contribution in [3.8, 4) is 0 Å². The fourth-order valence-corrected chi connectivity index (χ4v) is 2.63. The summed E-state index contributed by atoms with van der Waals surface area (Å²) in [4.78, 5) is 14.0. The molecule has 0 radical (unpaired) electrons. The lowest BCUT2D eigenvalue weighted by molar-refractivity contribution is -0.123. The molecule has 0 bridgehead atoms. The van der Waals surface area contributed by atoms with E-state index in [1.807, 2.05) is 0 Å². The number of carbonyl (C=O) groups excluding carboxylic acids is 1.